The summed E-state index contributed by atoms with van der Waals surface area (Å²) in [6.07, 6.45) is 6.63. The molecule has 1 saturated carbocycles. The van der Waals surface area contributed by atoms with Gasteiger partial charge in [0.15, 0.2) is 5.82 Å². The minimum Gasteiger partial charge on any atom is -0.497 e. The minimum absolute atomic E-state index is 0.190. The number of methoxy groups -OCH3 is 2. The van der Waals surface area contributed by atoms with Crippen LogP contribution in [0.4, 0.5) is 11.6 Å². The van der Waals surface area contributed by atoms with Crippen molar-refractivity contribution in [1.82, 2.24) is 29.5 Å². The van der Waals surface area contributed by atoms with E-state index in [0.29, 0.717) is 30.4 Å². The standard InChI is InChI=1S/C32H35N7O4S/c1-21-16-28(36-39(21)19-23-8-14-27(43-4)15-9-23)38(18-22-6-12-26(42-3)13-7-22)31-29(24-10-11-24)30(25-17-33-37(2)20-25)34-32(35-31)44(5,40)41/h6-9,12-17,20,24H,10-11,18-19H2,1-5H3. The van der Waals surface area contributed by atoms with Crippen LogP contribution in [-0.4, -0.2) is 58.4 Å². The van der Waals surface area contributed by atoms with E-state index in [1.807, 2.05) is 84.3 Å². The Balaban J connectivity index is 1.52. The molecule has 2 aromatic carbocycles. The van der Waals surface area contributed by atoms with Gasteiger partial charge in [-0.05, 0) is 61.1 Å². The van der Waals surface area contributed by atoms with Gasteiger partial charge in [0.2, 0.25) is 15.0 Å². The predicted octanol–water partition coefficient (Wildman–Crippen LogP) is 5.07. The molecule has 44 heavy (non-hydrogen) atoms. The van der Waals surface area contributed by atoms with Gasteiger partial charge in [-0.15, -0.1) is 0 Å². The molecule has 1 aliphatic carbocycles. The molecule has 5 aromatic rings. The molecule has 0 aliphatic heterocycles. The fourth-order valence-electron chi connectivity index (χ4n) is 5.19. The number of hydrogen-bond donors (Lipinski definition) is 0. The number of aryl methyl sites for hydroxylation is 2. The average molecular weight is 614 g/mol. The number of nitrogens with zero attached hydrogens (tertiary/aromatic N) is 7. The van der Waals surface area contributed by atoms with Crippen LogP contribution in [0.25, 0.3) is 11.3 Å². The number of hydrogen-bond acceptors (Lipinski definition) is 9. The third kappa shape index (κ3) is 6.16. The lowest BCUT2D eigenvalue weighted by Gasteiger charge is -2.26. The number of anilines is 2. The van der Waals surface area contributed by atoms with Crippen molar-refractivity contribution < 1.29 is 17.9 Å². The van der Waals surface area contributed by atoms with Gasteiger partial charge in [-0.1, -0.05) is 24.3 Å². The normalized spacial score (nSPS) is 13.2. The van der Waals surface area contributed by atoms with Crippen LogP contribution >= 0.6 is 0 Å². The van der Waals surface area contributed by atoms with E-state index in [2.05, 4.69) is 10.1 Å². The quantitative estimate of drug-likeness (QED) is 0.188. The van der Waals surface area contributed by atoms with Crippen molar-refractivity contribution in [3.8, 4) is 22.8 Å². The van der Waals surface area contributed by atoms with Crippen molar-refractivity contribution in [2.75, 3.05) is 25.4 Å². The molecule has 3 aromatic heterocycles. The van der Waals surface area contributed by atoms with E-state index in [1.165, 1.54) is 0 Å². The highest BCUT2D eigenvalue weighted by atomic mass is 32.2. The molecule has 12 heteroatoms. The maximum Gasteiger partial charge on any atom is 0.249 e. The van der Waals surface area contributed by atoms with Crippen molar-refractivity contribution in [1.29, 1.82) is 0 Å². The van der Waals surface area contributed by atoms with E-state index in [-0.39, 0.29) is 11.1 Å². The van der Waals surface area contributed by atoms with Crippen LogP contribution < -0.4 is 14.4 Å². The maximum atomic E-state index is 13.0. The SMILES string of the molecule is COc1ccc(CN(c2cc(C)n(Cc3ccc(OC)cc3)n2)c2nc(S(C)(=O)=O)nc(-c3cnn(C)c3)c2C2CC2)cc1. The lowest BCUT2D eigenvalue weighted by molar-refractivity contribution is 0.414. The van der Waals surface area contributed by atoms with Crippen molar-refractivity contribution >= 4 is 21.5 Å². The highest BCUT2D eigenvalue weighted by molar-refractivity contribution is 7.90. The Bertz CT molecular complexity index is 1890. The first-order valence-corrected chi connectivity index (χ1v) is 16.2. The lowest BCUT2D eigenvalue weighted by Crippen LogP contribution is -2.22. The van der Waals surface area contributed by atoms with Crippen molar-refractivity contribution in [3.05, 3.63) is 89.4 Å². The molecule has 11 nitrogen and oxygen atoms in total. The summed E-state index contributed by atoms with van der Waals surface area (Å²) in [5.41, 5.74) is 5.24. The van der Waals surface area contributed by atoms with Crippen LogP contribution in [0.1, 0.15) is 41.1 Å². The van der Waals surface area contributed by atoms with E-state index in [4.69, 9.17) is 19.6 Å². The first-order valence-electron chi connectivity index (χ1n) is 14.3. The fraction of sp³-hybridized carbons (Fsp3) is 0.312. The molecule has 0 bridgehead atoms. The maximum absolute atomic E-state index is 13.0. The Morgan fingerprint density at radius 3 is 2.14 bits per heavy atom. The Hall–Kier alpha value is -4.71. The summed E-state index contributed by atoms with van der Waals surface area (Å²) in [5.74, 6) is 2.92. The summed E-state index contributed by atoms with van der Waals surface area (Å²) in [5, 5.41) is 9.15. The second-order valence-corrected chi connectivity index (χ2v) is 13.0. The summed E-state index contributed by atoms with van der Waals surface area (Å²) in [4.78, 5) is 11.4. The van der Waals surface area contributed by atoms with Gasteiger partial charge in [-0.25, -0.2) is 18.4 Å². The molecule has 228 valence electrons. The minimum atomic E-state index is -3.75. The molecule has 1 aliphatic rings. The summed E-state index contributed by atoms with van der Waals surface area (Å²) >= 11 is 0. The first-order chi connectivity index (χ1) is 21.1. The zero-order chi connectivity index (χ0) is 31.0. The molecule has 0 radical (unpaired) electrons. The zero-order valence-electron chi connectivity index (χ0n) is 25.4. The molecular weight excluding hydrogens is 578 g/mol. The van der Waals surface area contributed by atoms with Gasteiger partial charge in [0.25, 0.3) is 0 Å². The monoisotopic (exact) mass is 613 g/mol. The van der Waals surface area contributed by atoms with Gasteiger partial charge >= 0.3 is 0 Å². The predicted molar refractivity (Wildman–Crippen MR) is 167 cm³/mol. The van der Waals surface area contributed by atoms with E-state index >= 15 is 0 Å². The molecule has 0 unspecified atom stereocenters. The molecule has 0 N–H and O–H groups in total. The van der Waals surface area contributed by atoms with Gasteiger partial charge in [-0.2, -0.15) is 10.2 Å². The van der Waals surface area contributed by atoms with Crippen molar-refractivity contribution in [2.24, 2.45) is 7.05 Å². The van der Waals surface area contributed by atoms with Gasteiger partial charge in [-0.3, -0.25) is 9.36 Å². The van der Waals surface area contributed by atoms with Crippen molar-refractivity contribution in [2.45, 2.75) is 43.9 Å². The Morgan fingerprint density at radius 2 is 1.59 bits per heavy atom. The van der Waals surface area contributed by atoms with Crippen LogP contribution in [0.5, 0.6) is 11.5 Å². The van der Waals surface area contributed by atoms with Crippen LogP contribution in [-0.2, 0) is 30.0 Å². The van der Waals surface area contributed by atoms with Crippen molar-refractivity contribution in [3.63, 3.8) is 0 Å². The van der Waals surface area contributed by atoms with Crippen LogP contribution in [0, 0.1) is 6.92 Å². The Kier molecular flexibility index (Phi) is 7.85. The molecule has 0 saturated heterocycles. The molecule has 0 atom stereocenters. The van der Waals surface area contributed by atoms with Gasteiger partial charge in [0.1, 0.15) is 17.3 Å². The molecule has 3 heterocycles. The first kappa shape index (κ1) is 29.4. The topological polar surface area (TPSA) is 117 Å². The van der Waals surface area contributed by atoms with E-state index in [1.54, 1.807) is 25.1 Å². The number of benzene rings is 2. The van der Waals surface area contributed by atoms with E-state index in [9.17, 15) is 8.42 Å². The number of rotatable bonds is 11. The summed E-state index contributed by atoms with van der Waals surface area (Å²) in [6.45, 7) is 2.97. The average Bonchev–Trinajstić information content (AvgIpc) is 3.67. The van der Waals surface area contributed by atoms with Gasteiger partial charge in [0.05, 0.1) is 39.2 Å². The number of ether oxygens (including phenoxy) is 2. The lowest BCUT2D eigenvalue weighted by atomic mass is 10.0. The smallest absolute Gasteiger partial charge is 0.249 e. The third-order valence-corrected chi connectivity index (χ3v) is 8.54. The largest absolute Gasteiger partial charge is 0.497 e. The fourth-order valence-corrected chi connectivity index (χ4v) is 5.70. The number of aromatic nitrogens is 6. The van der Waals surface area contributed by atoms with Crippen LogP contribution in [0.3, 0.4) is 0 Å². The van der Waals surface area contributed by atoms with Gasteiger partial charge in [0, 0.05) is 42.4 Å². The van der Waals surface area contributed by atoms with E-state index in [0.717, 1.165) is 58.5 Å². The molecule has 0 spiro atoms. The van der Waals surface area contributed by atoms with Crippen LogP contribution in [0.15, 0.2) is 72.1 Å². The second-order valence-electron chi connectivity index (χ2n) is 11.1. The third-order valence-electron chi connectivity index (χ3n) is 7.69. The highest BCUT2D eigenvalue weighted by Crippen LogP contribution is 2.49. The number of sulfone groups is 1. The molecule has 6 rings (SSSR count). The van der Waals surface area contributed by atoms with E-state index < -0.39 is 9.84 Å². The Labute approximate surface area is 257 Å². The zero-order valence-corrected chi connectivity index (χ0v) is 26.2. The second kappa shape index (κ2) is 11.8. The molecule has 1 fully saturated rings. The van der Waals surface area contributed by atoms with Gasteiger partial charge < -0.3 is 14.4 Å². The molecule has 0 amide bonds. The van der Waals surface area contributed by atoms with Crippen LogP contribution in [0.2, 0.25) is 0 Å². The summed E-state index contributed by atoms with van der Waals surface area (Å²) < 4.78 is 40.2. The highest BCUT2D eigenvalue weighted by Gasteiger charge is 2.36. The summed E-state index contributed by atoms with van der Waals surface area (Å²) in [7, 11) is 1.36. The summed E-state index contributed by atoms with van der Waals surface area (Å²) in [6, 6.07) is 17.7. The molecular formula is C32H35N7O4S. The Morgan fingerprint density at radius 1 is 0.955 bits per heavy atom.